The minimum atomic E-state index is -4.35. The van der Waals surface area contributed by atoms with Gasteiger partial charge in [-0.05, 0) is 28.5 Å². The topological polar surface area (TPSA) is 38.9 Å². The molecule has 68 valence electrons. The molecule has 2 rings (SSSR count). The van der Waals surface area contributed by atoms with Crippen molar-refractivity contribution >= 4 is 11.0 Å². The highest BCUT2D eigenvalue weighted by Crippen LogP contribution is 2.30. The molecule has 0 amide bonds. The molecule has 0 saturated heterocycles. The van der Waals surface area contributed by atoms with Crippen LogP contribution in [0.4, 0.5) is 13.2 Å². The molecule has 0 aliphatic rings. The summed E-state index contributed by atoms with van der Waals surface area (Å²) in [7, 11) is 0. The minimum Gasteiger partial charge on any atom is -0.243 e. The highest BCUT2D eigenvalue weighted by molar-refractivity contribution is 5.73. The number of fused-ring (bicyclic) bond motifs is 1. The fourth-order valence-corrected chi connectivity index (χ4v) is 0.958. The molecule has 1 heterocycles. The van der Waals surface area contributed by atoms with Gasteiger partial charge in [-0.1, -0.05) is 0 Å². The van der Waals surface area contributed by atoms with Crippen molar-refractivity contribution in [3.63, 3.8) is 0 Å². The first-order valence-corrected chi connectivity index (χ1v) is 3.37. The summed E-state index contributed by atoms with van der Waals surface area (Å²) >= 11 is 0. The lowest BCUT2D eigenvalue weighted by Crippen LogP contribution is -2.04. The molecule has 0 spiro atoms. The Morgan fingerprint density at radius 1 is 1.08 bits per heavy atom. The number of hydrogen-bond acceptors (Lipinski definition) is 3. The van der Waals surface area contributed by atoms with Crippen molar-refractivity contribution in [2.45, 2.75) is 6.18 Å². The molecule has 2 aromatic rings. The van der Waals surface area contributed by atoms with Gasteiger partial charge in [0.05, 0.1) is 5.56 Å². The molecule has 0 saturated carbocycles. The van der Waals surface area contributed by atoms with Crippen LogP contribution in [0.2, 0.25) is 0 Å². The Morgan fingerprint density at radius 2 is 1.77 bits per heavy atom. The van der Waals surface area contributed by atoms with E-state index in [2.05, 4.69) is 14.9 Å². The molecule has 3 nitrogen and oxygen atoms in total. The number of nitrogens with zero attached hydrogens (tertiary/aromatic N) is 2. The molecule has 1 aromatic carbocycles. The second kappa shape index (κ2) is 2.45. The van der Waals surface area contributed by atoms with Crippen LogP contribution in [0, 0.1) is 0 Å². The zero-order valence-electron chi connectivity index (χ0n) is 6.17. The average Bonchev–Trinajstić information content (AvgIpc) is 2.47. The zero-order chi connectivity index (χ0) is 9.47. The van der Waals surface area contributed by atoms with Crippen LogP contribution in [0.5, 0.6) is 0 Å². The molecule has 0 fully saturated rings. The highest BCUT2D eigenvalue weighted by Gasteiger charge is 2.30. The van der Waals surface area contributed by atoms with E-state index in [0.29, 0.717) is 5.52 Å². The lowest BCUT2D eigenvalue weighted by Gasteiger charge is -2.04. The summed E-state index contributed by atoms with van der Waals surface area (Å²) in [5, 5.41) is 6.70. The van der Waals surface area contributed by atoms with Gasteiger partial charge in [-0.25, -0.2) is 4.63 Å². The van der Waals surface area contributed by atoms with E-state index in [1.165, 1.54) is 6.07 Å². The third-order valence-electron chi connectivity index (χ3n) is 1.58. The number of hydrogen-bond donors (Lipinski definition) is 0. The van der Waals surface area contributed by atoms with Gasteiger partial charge in [-0.3, -0.25) is 0 Å². The van der Waals surface area contributed by atoms with Gasteiger partial charge in [0.25, 0.3) is 0 Å². The molecular weight excluding hydrogens is 185 g/mol. The fraction of sp³-hybridized carbons (Fsp3) is 0.143. The van der Waals surface area contributed by atoms with Crippen molar-refractivity contribution in [3.8, 4) is 0 Å². The first-order chi connectivity index (χ1) is 6.07. The van der Waals surface area contributed by atoms with Crippen LogP contribution in [-0.2, 0) is 6.18 Å². The highest BCUT2D eigenvalue weighted by atomic mass is 19.4. The lowest BCUT2D eigenvalue weighted by atomic mass is 10.2. The number of rotatable bonds is 0. The van der Waals surface area contributed by atoms with Gasteiger partial charge in [0.2, 0.25) is 0 Å². The van der Waals surface area contributed by atoms with Crippen molar-refractivity contribution in [2.75, 3.05) is 0 Å². The maximum atomic E-state index is 12.1. The molecule has 0 bridgehead atoms. The number of alkyl halides is 3. The summed E-state index contributed by atoms with van der Waals surface area (Å²) in [6, 6.07) is 3.05. The van der Waals surface area contributed by atoms with Crippen molar-refractivity contribution < 1.29 is 17.8 Å². The van der Waals surface area contributed by atoms with E-state index in [9.17, 15) is 13.2 Å². The zero-order valence-corrected chi connectivity index (χ0v) is 6.17. The second-order valence-corrected chi connectivity index (χ2v) is 2.47. The van der Waals surface area contributed by atoms with Gasteiger partial charge in [0.1, 0.15) is 11.0 Å². The lowest BCUT2D eigenvalue weighted by molar-refractivity contribution is -0.137. The van der Waals surface area contributed by atoms with Crippen molar-refractivity contribution in [1.82, 2.24) is 10.3 Å². The van der Waals surface area contributed by atoms with E-state index in [-0.39, 0.29) is 5.52 Å². The summed E-state index contributed by atoms with van der Waals surface area (Å²) in [5.41, 5.74) is -0.335. The Labute approximate surface area is 70.1 Å². The van der Waals surface area contributed by atoms with E-state index in [1.807, 2.05) is 0 Å². The van der Waals surface area contributed by atoms with Crippen molar-refractivity contribution in [1.29, 1.82) is 0 Å². The Kier molecular flexibility index (Phi) is 1.51. The van der Waals surface area contributed by atoms with Crippen LogP contribution in [0.15, 0.2) is 22.8 Å². The van der Waals surface area contributed by atoms with Gasteiger partial charge < -0.3 is 0 Å². The maximum absolute atomic E-state index is 12.1. The molecule has 0 atom stereocenters. The monoisotopic (exact) mass is 188 g/mol. The first kappa shape index (κ1) is 8.03. The molecule has 13 heavy (non-hydrogen) atoms. The quantitative estimate of drug-likeness (QED) is 0.636. The molecule has 6 heteroatoms. The van der Waals surface area contributed by atoms with Crippen LogP contribution in [0.25, 0.3) is 11.0 Å². The number of halogens is 3. The Bertz CT molecular complexity index is 434. The Hall–Kier alpha value is -1.59. The standard InChI is InChI=1S/C7H3F3N2O/c8-7(9,10)4-1-2-5-6(3-4)12-13-11-5/h1-3H. The van der Waals surface area contributed by atoms with Gasteiger partial charge >= 0.3 is 6.18 Å². The van der Waals surface area contributed by atoms with Gasteiger partial charge in [0, 0.05) is 0 Å². The van der Waals surface area contributed by atoms with Crippen LogP contribution < -0.4 is 0 Å². The Balaban J connectivity index is 2.61. The largest absolute Gasteiger partial charge is 0.416 e. The van der Waals surface area contributed by atoms with Crippen LogP contribution >= 0.6 is 0 Å². The van der Waals surface area contributed by atoms with Crippen LogP contribution in [0.3, 0.4) is 0 Å². The third kappa shape index (κ3) is 1.34. The molecular formula is C7H3F3N2O. The predicted octanol–water partition coefficient (Wildman–Crippen LogP) is 2.24. The number of aromatic nitrogens is 2. The minimum absolute atomic E-state index is 0.106. The van der Waals surface area contributed by atoms with E-state index in [1.54, 1.807) is 0 Å². The normalized spacial score (nSPS) is 12.2. The Morgan fingerprint density at radius 3 is 2.46 bits per heavy atom. The molecule has 0 aliphatic carbocycles. The van der Waals surface area contributed by atoms with Gasteiger partial charge in [-0.2, -0.15) is 13.2 Å². The van der Waals surface area contributed by atoms with Crippen molar-refractivity contribution in [2.24, 2.45) is 0 Å². The van der Waals surface area contributed by atoms with Gasteiger partial charge in [-0.15, -0.1) is 0 Å². The average molecular weight is 188 g/mol. The van der Waals surface area contributed by atoms with E-state index >= 15 is 0 Å². The smallest absolute Gasteiger partial charge is 0.243 e. The number of benzene rings is 1. The molecule has 0 radical (unpaired) electrons. The summed E-state index contributed by atoms with van der Waals surface area (Å²) < 4.78 is 40.7. The summed E-state index contributed by atoms with van der Waals surface area (Å²) in [6.45, 7) is 0. The van der Waals surface area contributed by atoms with E-state index < -0.39 is 11.7 Å². The summed E-state index contributed by atoms with van der Waals surface area (Å²) in [4.78, 5) is 0. The predicted molar refractivity (Wildman–Crippen MR) is 36.8 cm³/mol. The van der Waals surface area contributed by atoms with Crippen molar-refractivity contribution in [3.05, 3.63) is 23.8 Å². The van der Waals surface area contributed by atoms with E-state index in [4.69, 9.17) is 0 Å². The summed E-state index contributed by atoms with van der Waals surface area (Å²) in [5.74, 6) is 0. The van der Waals surface area contributed by atoms with Gasteiger partial charge in [0.15, 0.2) is 0 Å². The van der Waals surface area contributed by atoms with Crippen LogP contribution in [0.1, 0.15) is 5.56 Å². The molecule has 0 aliphatic heterocycles. The molecule has 0 N–H and O–H groups in total. The second-order valence-electron chi connectivity index (χ2n) is 2.47. The fourth-order valence-electron chi connectivity index (χ4n) is 0.958. The van der Waals surface area contributed by atoms with Crippen LogP contribution in [-0.4, -0.2) is 10.3 Å². The molecule has 0 unspecified atom stereocenters. The SMILES string of the molecule is FC(F)(F)c1ccc2nonc2c1. The summed E-state index contributed by atoms with van der Waals surface area (Å²) in [6.07, 6.45) is -4.35. The maximum Gasteiger partial charge on any atom is 0.416 e. The first-order valence-electron chi connectivity index (χ1n) is 3.37. The third-order valence-corrected chi connectivity index (χ3v) is 1.58. The van der Waals surface area contributed by atoms with E-state index in [0.717, 1.165) is 12.1 Å². The molecule has 1 aromatic heterocycles.